The van der Waals surface area contributed by atoms with Crippen molar-refractivity contribution in [1.82, 2.24) is 5.32 Å². The highest BCUT2D eigenvalue weighted by molar-refractivity contribution is 5.90. The zero-order chi connectivity index (χ0) is 16.9. The molecule has 0 aliphatic heterocycles. The molecule has 0 atom stereocenters. The van der Waals surface area contributed by atoms with E-state index in [9.17, 15) is 4.79 Å². The maximum absolute atomic E-state index is 11.1. The molecule has 3 aromatic rings. The first-order valence-electron chi connectivity index (χ1n) is 8.08. The Balaban J connectivity index is 2.01. The standard InChI is InChI=1S/C21H21NO2/c1-15(23)22-13-12-17-7-5-6-16-10-11-18(14-20(16)17)19-8-3-4-9-21(19)24-2/h3-11,14H,12-13H2,1-2H3,(H,22,23). The smallest absolute Gasteiger partial charge is 0.216 e. The zero-order valence-corrected chi connectivity index (χ0v) is 14.0. The highest BCUT2D eigenvalue weighted by Gasteiger charge is 2.08. The summed E-state index contributed by atoms with van der Waals surface area (Å²) < 4.78 is 5.49. The van der Waals surface area contributed by atoms with Crippen LogP contribution in [0.15, 0.2) is 60.7 Å². The second-order valence-electron chi connectivity index (χ2n) is 5.79. The van der Waals surface area contributed by atoms with Crippen LogP contribution in [-0.4, -0.2) is 19.6 Å². The molecular weight excluding hydrogens is 298 g/mol. The third kappa shape index (κ3) is 3.40. The van der Waals surface area contributed by atoms with Gasteiger partial charge in [0.1, 0.15) is 5.75 Å². The van der Waals surface area contributed by atoms with Gasteiger partial charge in [-0.05, 0) is 40.5 Å². The van der Waals surface area contributed by atoms with Gasteiger partial charge in [0.2, 0.25) is 5.91 Å². The van der Waals surface area contributed by atoms with Crippen LogP contribution >= 0.6 is 0 Å². The van der Waals surface area contributed by atoms with Crippen molar-refractivity contribution in [3.63, 3.8) is 0 Å². The monoisotopic (exact) mass is 319 g/mol. The fourth-order valence-electron chi connectivity index (χ4n) is 2.98. The topological polar surface area (TPSA) is 38.3 Å². The van der Waals surface area contributed by atoms with Gasteiger partial charge in [0.15, 0.2) is 0 Å². The SMILES string of the molecule is COc1ccccc1-c1ccc2cccc(CCNC(C)=O)c2c1. The number of ether oxygens (including phenoxy) is 1. The number of methoxy groups -OCH3 is 1. The lowest BCUT2D eigenvalue weighted by atomic mass is 9.96. The van der Waals surface area contributed by atoms with Crippen molar-refractivity contribution in [3.8, 4) is 16.9 Å². The van der Waals surface area contributed by atoms with Gasteiger partial charge in [-0.15, -0.1) is 0 Å². The van der Waals surface area contributed by atoms with Crippen molar-refractivity contribution in [2.45, 2.75) is 13.3 Å². The fourth-order valence-corrected chi connectivity index (χ4v) is 2.98. The highest BCUT2D eigenvalue weighted by Crippen LogP contribution is 2.32. The molecule has 0 aliphatic carbocycles. The minimum Gasteiger partial charge on any atom is -0.496 e. The molecule has 0 unspecified atom stereocenters. The molecule has 122 valence electrons. The number of hydrogen-bond donors (Lipinski definition) is 1. The predicted octanol–water partition coefficient (Wildman–Crippen LogP) is 4.19. The van der Waals surface area contributed by atoms with Crippen molar-refractivity contribution >= 4 is 16.7 Å². The minimum atomic E-state index is 0.00458. The molecule has 0 spiro atoms. The summed E-state index contributed by atoms with van der Waals surface area (Å²) in [6.07, 6.45) is 0.812. The first-order valence-corrected chi connectivity index (χ1v) is 8.08. The fraction of sp³-hybridized carbons (Fsp3) is 0.190. The first-order chi connectivity index (χ1) is 11.7. The van der Waals surface area contributed by atoms with E-state index in [0.29, 0.717) is 6.54 Å². The van der Waals surface area contributed by atoms with E-state index in [1.54, 1.807) is 14.0 Å². The Labute approximate surface area is 142 Å². The molecule has 0 fully saturated rings. The maximum Gasteiger partial charge on any atom is 0.216 e. The van der Waals surface area contributed by atoms with Crippen LogP contribution in [-0.2, 0) is 11.2 Å². The van der Waals surface area contributed by atoms with Crippen LogP contribution in [0.2, 0.25) is 0 Å². The van der Waals surface area contributed by atoms with Crippen LogP contribution < -0.4 is 10.1 Å². The molecule has 24 heavy (non-hydrogen) atoms. The molecule has 0 aromatic heterocycles. The summed E-state index contributed by atoms with van der Waals surface area (Å²) in [5.74, 6) is 0.873. The lowest BCUT2D eigenvalue weighted by molar-refractivity contribution is -0.118. The van der Waals surface area contributed by atoms with Gasteiger partial charge in [0, 0.05) is 19.0 Å². The van der Waals surface area contributed by atoms with E-state index < -0.39 is 0 Å². The molecule has 0 bridgehead atoms. The number of hydrogen-bond acceptors (Lipinski definition) is 2. The third-order valence-corrected chi connectivity index (χ3v) is 4.16. The van der Waals surface area contributed by atoms with Gasteiger partial charge < -0.3 is 10.1 Å². The van der Waals surface area contributed by atoms with E-state index >= 15 is 0 Å². The third-order valence-electron chi connectivity index (χ3n) is 4.16. The van der Waals surface area contributed by atoms with Crippen LogP contribution in [0.5, 0.6) is 5.75 Å². The van der Waals surface area contributed by atoms with Crippen LogP contribution in [0.3, 0.4) is 0 Å². The molecule has 1 N–H and O–H groups in total. The van der Waals surface area contributed by atoms with E-state index in [2.05, 4.69) is 47.8 Å². The molecule has 1 amide bonds. The summed E-state index contributed by atoms with van der Waals surface area (Å²) in [6, 6.07) is 20.8. The quantitative estimate of drug-likeness (QED) is 0.765. The second-order valence-corrected chi connectivity index (χ2v) is 5.79. The van der Waals surface area contributed by atoms with Crippen LogP contribution in [0, 0.1) is 0 Å². The number of carbonyl (C=O) groups excluding carboxylic acids is 1. The molecular formula is C21H21NO2. The maximum atomic E-state index is 11.1. The Kier molecular flexibility index (Phi) is 4.80. The van der Waals surface area contributed by atoms with Crippen molar-refractivity contribution in [3.05, 3.63) is 66.2 Å². The number of carbonyl (C=O) groups is 1. The van der Waals surface area contributed by atoms with Crippen molar-refractivity contribution in [1.29, 1.82) is 0 Å². The molecule has 0 aliphatic rings. The minimum absolute atomic E-state index is 0.00458. The Morgan fingerprint density at radius 1 is 1.04 bits per heavy atom. The molecule has 0 saturated heterocycles. The van der Waals surface area contributed by atoms with Gasteiger partial charge >= 0.3 is 0 Å². The second kappa shape index (κ2) is 7.18. The van der Waals surface area contributed by atoms with Gasteiger partial charge in [-0.25, -0.2) is 0 Å². The summed E-state index contributed by atoms with van der Waals surface area (Å²) in [4.78, 5) is 11.1. The Morgan fingerprint density at radius 2 is 1.88 bits per heavy atom. The lowest BCUT2D eigenvalue weighted by Gasteiger charge is -2.12. The van der Waals surface area contributed by atoms with Crippen LogP contribution in [0.4, 0.5) is 0 Å². The Hall–Kier alpha value is -2.81. The largest absolute Gasteiger partial charge is 0.496 e. The number of fused-ring (bicyclic) bond motifs is 1. The van der Waals surface area contributed by atoms with Crippen LogP contribution in [0.1, 0.15) is 12.5 Å². The van der Waals surface area contributed by atoms with E-state index in [4.69, 9.17) is 4.74 Å². The van der Waals surface area contributed by atoms with Gasteiger partial charge in [0.25, 0.3) is 0 Å². The van der Waals surface area contributed by atoms with Gasteiger partial charge in [-0.2, -0.15) is 0 Å². The summed E-state index contributed by atoms with van der Waals surface area (Å²) in [5.41, 5.74) is 3.45. The zero-order valence-electron chi connectivity index (χ0n) is 14.0. The lowest BCUT2D eigenvalue weighted by Crippen LogP contribution is -2.22. The summed E-state index contributed by atoms with van der Waals surface area (Å²) in [5, 5.41) is 5.28. The predicted molar refractivity (Wildman–Crippen MR) is 98.3 cm³/mol. The molecule has 0 saturated carbocycles. The number of rotatable bonds is 5. The first kappa shape index (κ1) is 16.1. The van der Waals surface area contributed by atoms with E-state index in [1.165, 1.54) is 16.3 Å². The number of benzene rings is 3. The van der Waals surface area contributed by atoms with Gasteiger partial charge in [-0.3, -0.25) is 4.79 Å². The van der Waals surface area contributed by atoms with Crippen molar-refractivity contribution in [2.75, 3.05) is 13.7 Å². The van der Waals surface area contributed by atoms with Crippen molar-refractivity contribution in [2.24, 2.45) is 0 Å². The molecule has 3 heteroatoms. The van der Waals surface area contributed by atoms with Crippen LogP contribution in [0.25, 0.3) is 21.9 Å². The average molecular weight is 319 g/mol. The Bertz CT molecular complexity index is 871. The van der Waals surface area contributed by atoms with Gasteiger partial charge in [0.05, 0.1) is 7.11 Å². The number of amides is 1. The average Bonchev–Trinajstić information content (AvgIpc) is 2.61. The highest BCUT2D eigenvalue weighted by atomic mass is 16.5. The molecule has 3 aromatic carbocycles. The number of para-hydroxylation sites is 1. The van der Waals surface area contributed by atoms with E-state index in [1.807, 2.05) is 18.2 Å². The summed E-state index contributed by atoms with van der Waals surface area (Å²) >= 11 is 0. The molecule has 0 heterocycles. The summed E-state index contributed by atoms with van der Waals surface area (Å²) in [7, 11) is 1.69. The molecule has 3 nitrogen and oxygen atoms in total. The summed E-state index contributed by atoms with van der Waals surface area (Å²) in [6.45, 7) is 2.19. The van der Waals surface area contributed by atoms with E-state index in [-0.39, 0.29) is 5.91 Å². The van der Waals surface area contributed by atoms with Crippen molar-refractivity contribution < 1.29 is 9.53 Å². The number of nitrogens with one attached hydrogen (secondary N) is 1. The van der Waals surface area contributed by atoms with E-state index in [0.717, 1.165) is 23.3 Å². The van der Waals surface area contributed by atoms with Gasteiger partial charge in [-0.1, -0.05) is 48.5 Å². The Morgan fingerprint density at radius 3 is 2.67 bits per heavy atom. The molecule has 3 rings (SSSR count). The normalized spacial score (nSPS) is 10.6. The molecule has 0 radical (unpaired) electrons.